The monoisotopic (exact) mass is 481 g/mol. The van der Waals surface area contributed by atoms with Crippen LogP contribution in [0.15, 0.2) is 36.4 Å². The van der Waals surface area contributed by atoms with Gasteiger partial charge in [0.15, 0.2) is 12.4 Å². The summed E-state index contributed by atoms with van der Waals surface area (Å²) in [4.78, 5) is 16.2. The Balaban J connectivity index is 1.38. The molecule has 1 atom stereocenters. The molecule has 0 fully saturated rings. The lowest BCUT2D eigenvalue weighted by molar-refractivity contribution is -0.118. The second-order valence-electron chi connectivity index (χ2n) is 9.21. The summed E-state index contributed by atoms with van der Waals surface area (Å²) in [5.41, 5.74) is 1.36. The molecule has 0 saturated heterocycles. The van der Waals surface area contributed by atoms with Gasteiger partial charge in [-0.25, -0.2) is 9.67 Å². The number of nitrogens with zero attached hydrogens (tertiary/aromatic N) is 3. The average Bonchev–Trinajstić information content (AvgIpc) is 3.21. The number of phenols is 1. The van der Waals surface area contributed by atoms with Crippen molar-refractivity contribution in [3.8, 4) is 28.6 Å². The first kappa shape index (κ1) is 24.5. The third-order valence-corrected chi connectivity index (χ3v) is 6.01. The van der Waals surface area contributed by atoms with Gasteiger partial charge in [-0.15, -0.1) is 0 Å². The highest BCUT2D eigenvalue weighted by molar-refractivity contribution is 5.96. The largest absolute Gasteiger partial charge is 0.508 e. The summed E-state index contributed by atoms with van der Waals surface area (Å²) < 4.78 is 12.6. The SMILES string of the molecule is COc1ccc(-c2nc(C)n(CCC(C)(C)NCC(O)c3cc(O)cc4c3OCC(=O)N4)n2)cc1. The van der Waals surface area contributed by atoms with E-state index in [-0.39, 0.29) is 30.3 Å². The van der Waals surface area contributed by atoms with Gasteiger partial charge in [0, 0.05) is 35.8 Å². The lowest BCUT2D eigenvalue weighted by Gasteiger charge is -2.29. The van der Waals surface area contributed by atoms with Crippen LogP contribution < -0.4 is 20.1 Å². The van der Waals surface area contributed by atoms with E-state index in [1.165, 1.54) is 12.1 Å². The summed E-state index contributed by atoms with van der Waals surface area (Å²) in [5.74, 6) is 2.27. The average molecular weight is 482 g/mol. The molecule has 1 unspecified atom stereocenters. The zero-order valence-electron chi connectivity index (χ0n) is 20.3. The number of methoxy groups -OCH3 is 1. The van der Waals surface area contributed by atoms with Gasteiger partial charge in [-0.3, -0.25) is 4.79 Å². The predicted molar refractivity (Wildman–Crippen MR) is 131 cm³/mol. The molecule has 35 heavy (non-hydrogen) atoms. The van der Waals surface area contributed by atoms with Crippen LogP contribution in [0.2, 0.25) is 0 Å². The molecular formula is C25H31N5O5. The molecule has 2 heterocycles. The lowest BCUT2D eigenvalue weighted by atomic mass is 9.99. The number of carbonyl (C=O) groups excluding carboxylic acids is 1. The highest BCUT2D eigenvalue weighted by Gasteiger charge is 2.26. The van der Waals surface area contributed by atoms with Crippen molar-refractivity contribution in [2.45, 2.75) is 45.4 Å². The predicted octanol–water partition coefficient (Wildman–Crippen LogP) is 2.79. The van der Waals surface area contributed by atoms with Gasteiger partial charge in [0.1, 0.15) is 23.1 Å². The Morgan fingerprint density at radius 1 is 1.29 bits per heavy atom. The molecule has 0 spiro atoms. The molecule has 4 rings (SSSR count). The maximum atomic E-state index is 11.6. The van der Waals surface area contributed by atoms with Crippen LogP contribution in [0.5, 0.6) is 17.2 Å². The maximum Gasteiger partial charge on any atom is 0.262 e. The number of aromatic hydroxyl groups is 1. The first-order valence-electron chi connectivity index (χ1n) is 11.4. The minimum absolute atomic E-state index is 0.0582. The fourth-order valence-electron chi connectivity index (χ4n) is 3.91. The number of carbonyl (C=O) groups is 1. The minimum Gasteiger partial charge on any atom is -0.508 e. The number of aliphatic hydroxyl groups is 1. The summed E-state index contributed by atoms with van der Waals surface area (Å²) in [6.45, 7) is 6.76. The molecule has 4 N–H and O–H groups in total. The van der Waals surface area contributed by atoms with Crippen LogP contribution in [0, 0.1) is 6.92 Å². The highest BCUT2D eigenvalue weighted by Crippen LogP contribution is 2.38. The van der Waals surface area contributed by atoms with Crippen molar-refractivity contribution in [2.24, 2.45) is 0 Å². The van der Waals surface area contributed by atoms with Crippen LogP contribution in [0.1, 0.15) is 37.8 Å². The number of ether oxygens (including phenoxy) is 2. The Bertz CT molecular complexity index is 1210. The summed E-state index contributed by atoms with van der Waals surface area (Å²) in [6, 6.07) is 10.5. The molecule has 1 amide bonds. The van der Waals surface area contributed by atoms with E-state index in [0.717, 1.165) is 23.6 Å². The Morgan fingerprint density at radius 2 is 2.03 bits per heavy atom. The van der Waals surface area contributed by atoms with Crippen molar-refractivity contribution in [1.29, 1.82) is 0 Å². The third-order valence-electron chi connectivity index (χ3n) is 6.01. The van der Waals surface area contributed by atoms with E-state index in [2.05, 4.69) is 20.7 Å². The van der Waals surface area contributed by atoms with Crippen LogP contribution in [0.25, 0.3) is 11.4 Å². The van der Waals surface area contributed by atoms with Gasteiger partial charge >= 0.3 is 0 Å². The zero-order valence-corrected chi connectivity index (χ0v) is 20.3. The standard InChI is InChI=1S/C25H31N5O5/c1-15-27-24(16-5-7-18(34-4)8-6-16)29-30(15)10-9-25(2,3)26-13-21(32)19-11-17(31)12-20-23(19)35-14-22(33)28-20/h5-8,11-12,21,26,31-32H,9-10,13-14H2,1-4H3,(H,28,33). The fourth-order valence-corrected chi connectivity index (χ4v) is 3.91. The molecule has 1 aromatic heterocycles. The first-order valence-corrected chi connectivity index (χ1v) is 11.4. The van der Waals surface area contributed by atoms with Gasteiger partial charge < -0.3 is 30.3 Å². The number of hydrogen-bond donors (Lipinski definition) is 4. The van der Waals surface area contributed by atoms with Crippen molar-refractivity contribution < 1.29 is 24.5 Å². The first-order chi connectivity index (χ1) is 16.6. The number of aryl methyl sites for hydroxylation is 2. The third kappa shape index (κ3) is 5.72. The topological polar surface area (TPSA) is 131 Å². The zero-order chi connectivity index (χ0) is 25.2. The summed E-state index contributed by atoms with van der Waals surface area (Å²) in [7, 11) is 1.63. The molecular weight excluding hydrogens is 450 g/mol. The summed E-state index contributed by atoms with van der Waals surface area (Å²) >= 11 is 0. The number of aromatic nitrogens is 3. The van der Waals surface area contributed by atoms with E-state index in [0.29, 0.717) is 29.4 Å². The van der Waals surface area contributed by atoms with Gasteiger partial charge in [0.2, 0.25) is 0 Å². The van der Waals surface area contributed by atoms with Crippen LogP contribution in [-0.2, 0) is 11.3 Å². The van der Waals surface area contributed by atoms with E-state index >= 15 is 0 Å². The molecule has 10 nitrogen and oxygen atoms in total. The number of benzene rings is 2. The summed E-state index contributed by atoms with van der Waals surface area (Å²) in [6.07, 6.45) is -0.212. The van der Waals surface area contributed by atoms with Crippen molar-refractivity contribution in [1.82, 2.24) is 20.1 Å². The van der Waals surface area contributed by atoms with Gasteiger partial charge in [-0.1, -0.05) is 0 Å². The molecule has 1 aliphatic rings. The van der Waals surface area contributed by atoms with Crippen molar-refractivity contribution in [3.05, 3.63) is 47.8 Å². The normalized spacial score (nSPS) is 14.1. The molecule has 0 aliphatic carbocycles. The number of amides is 1. The fraction of sp³-hybridized carbons (Fsp3) is 0.400. The maximum absolute atomic E-state index is 11.6. The van der Waals surface area contributed by atoms with Crippen LogP contribution in [0.3, 0.4) is 0 Å². The second kappa shape index (κ2) is 9.93. The van der Waals surface area contributed by atoms with E-state index in [9.17, 15) is 15.0 Å². The molecule has 0 radical (unpaired) electrons. The highest BCUT2D eigenvalue weighted by atomic mass is 16.5. The number of β-amino-alcohol motifs (C(OH)–C–C–N with tert-alkyl or cyclic N) is 1. The van der Waals surface area contributed by atoms with E-state index < -0.39 is 6.10 Å². The number of aliphatic hydroxyl groups excluding tert-OH is 1. The Morgan fingerprint density at radius 3 is 2.74 bits per heavy atom. The summed E-state index contributed by atoms with van der Waals surface area (Å²) in [5, 5.41) is 31.5. The minimum atomic E-state index is -0.945. The van der Waals surface area contributed by atoms with Crippen molar-refractivity contribution in [3.63, 3.8) is 0 Å². The number of anilines is 1. The van der Waals surface area contributed by atoms with Crippen LogP contribution in [-0.4, -0.2) is 56.7 Å². The second-order valence-corrected chi connectivity index (χ2v) is 9.21. The van der Waals surface area contributed by atoms with Gasteiger partial charge in [0.05, 0.1) is 18.9 Å². The van der Waals surface area contributed by atoms with E-state index in [4.69, 9.17) is 9.47 Å². The molecule has 3 aromatic rings. The van der Waals surface area contributed by atoms with Crippen LogP contribution >= 0.6 is 0 Å². The van der Waals surface area contributed by atoms with Crippen LogP contribution in [0.4, 0.5) is 5.69 Å². The van der Waals surface area contributed by atoms with Gasteiger partial charge in [-0.2, -0.15) is 5.10 Å². The number of nitrogens with one attached hydrogen (secondary N) is 2. The Labute approximate surface area is 203 Å². The molecule has 0 bridgehead atoms. The van der Waals surface area contributed by atoms with Gasteiger partial charge in [0.25, 0.3) is 5.91 Å². The molecule has 10 heteroatoms. The Kier molecular flexibility index (Phi) is 6.95. The molecule has 186 valence electrons. The van der Waals surface area contributed by atoms with Crippen molar-refractivity contribution >= 4 is 11.6 Å². The smallest absolute Gasteiger partial charge is 0.262 e. The molecule has 1 aliphatic heterocycles. The number of fused-ring (bicyclic) bond motifs is 1. The quantitative estimate of drug-likeness (QED) is 0.367. The van der Waals surface area contributed by atoms with Crippen molar-refractivity contribution in [2.75, 3.05) is 25.6 Å². The molecule has 0 saturated carbocycles. The Hall–Kier alpha value is -3.63. The van der Waals surface area contributed by atoms with E-state index in [1.807, 2.05) is 49.7 Å². The number of phenolic OH excluding ortho intramolecular Hbond substituents is 1. The van der Waals surface area contributed by atoms with E-state index in [1.54, 1.807) is 7.11 Å². The number of rotatable bonds is 9. The lowest BCUT2D eigenvalue weighted by Crippen LogP contribution is -2.42. The number of hydrogen-bond acceptors (Lipinski definition) is 8. The molecule has 2 aromatic carbocycles. The van der Waals surface area contributed by atoms with Gasteiger partial charge in [-0.05, 0) is 57.5 Å².